The van der Waals surface area contributed by atoms with Gasteiger partial charge in [-0.2, -0.15) is 0 Å². The molecule has 1 aromatic rings. The lowest BCUT2D eigenvalue weighted by Gasteiger charge is -2.23. The molecule has 1 unspecified atom stereocenters. The second kappa shape index (κ2) is 8.17. The van der Waals surface area contributed by atoms with Gasteiger partial charge in [0.05, 0.1) is 19.1 Å². The molecular weight excluding hydrogens is 350 g/mol. The zero-order valence-electron chi connectivity index (χ0n) is 13.3. The number of alkyl carbamates (subject to hydrolysis) is 1. The molecule has 122 valence electrons. The number of hydrogen-bond donors (Lipinski definition) is 1. The molecule has 0 bridgehead atoms. The first-order valence-electron chi connectivity index (χ1n) is 7.12. The van der Waals surface area contributed by atoms with E-state index >= 15 is 0 Å². The molecule has 0 fully saturated rings. The SMILES string of the molecule is CCOC(=O)CC(NC(=O)OC(C)(C)C)c1cccc(Br)c1. The van der Waals surface area contributed by atoms with Crippen LogP contribution in [0.3, 0.4) is 0 Å². The van der Waals surface area contributed by atoms with Crippen LogP contribution in [0.15, 0.2) is 28.7 Å². The monoisotopic (exact) mass is 371 g/mol. The van der Waals surface area contributed by atoms with E-state index in [0.717, 1.165) is 10.0 Å². The number of amides is 1. The molecule has 5 nitrogen and oxygen atoms in total. The first kappa shape index (κ1) is 18.5. The molecule has 0 radical (unpaired) electrons. The number of carbonyl (C=O) groups is 2. The van der Waals surface area contributed by atoms with Crippen molar-refractivity contribution in [3.8, 4) is 0 Å². The number of hydrogen-bond acceptors (Lipinski definition) is 4. The van der Waals surface area contributed by atoms with E-state index in [4.69, 9.17) is 9.47 Å². The lowest BCUT2D eigenvalue weighted by atomic mass is 10.0. The largest absolute Gasteiger partial charge is 0.466 e. The number of rotatable bonds is 5. The molecule has 1 rings (SSSR count). The predicted molar refractivity (Wildman–Crippen MR) is 87.5 cm³/mol. The van der Waals surface area contributed by atoms with E-state index in [2.05, 4.69) is 21.2 Å². The average molecular weight is 372 g/mol. The van der Waals surface area contributed by atoms with Crippen molar-refractivity contribution in [2.45, 2.75) is 45.8 Å². The fraction of sp³-hybridized carbons (Fsp3) is 0.500. The van der Waals surface area contributed by atoms with Gasteiger partial charge in [-0.25, -0.2) is 4.79 Å². The first-order chi connectivity index (χ1) is 10.2. The Morgan fingerprint density at radius 1 is 1.32 bits per heavy atom. The van der Waals surface area contributed by atoms with Gasteiger partial charge in [-0.05, 0) is 45.4 Å². The summed E-state index contributed by atoms with van der Waals surface area (Å²) >= 11 is 3.38. The summed E-state index contributed by atoms with van der Waals surface area (Å²) in [6.45, 7) is 7.40. The van der Waals surface area contributed by atoms with Crippen molar-refractivity contribution >= 4 is 28.0 Å². The smallest absolute Gasteiger partial charge is 0.408 e. The Balaban J connectivity index is 2.87. The lowest BCUT2D eigenvalue weighted by Crippen LogP contribution is -2.36. The first-order valence-corrected chi connectivity index (χ1v) is 7.91. The fourth-order valence-corrected chi connectivity index (χ4v) is 2.23. The van der Waals surface area contributed by atoms with Gasteiger partial charge in [0.2, 0.25) is 0 Å². The molecule has 1 atom stereocenters. The number of carbonyl (C=O) groups excluding carboxylic acids is 2. The number of benzene rings is 1. The van der Waals surface area contributed by atoms with Crippen LogP contribution in [-0.2, 0) is 14.3 Å². The van der Waals surface area contributed by atoms with Gasteiger partial charge in [0.15, 0.2) is 0 Å². The summed E-state index contributed by atoms with van der Waals surface area (Å²) in [4.78, 5) is 23.7. The van der Waals surface area contributed by atoms with Crippen LogP contribution in [0.4, 0.5) is 4.79 Å². The third kappa shape index (κ3) is 6.93. The molecule has 0 spiro atoms. The summed E-state index contributed by atoms with van der Waals surface area (Å²) < 4.78 is 11.1. The zero-order chi connectivity index (χ0) is 16.8. The van der Waals surface area contributed by atoms with Gasteiger partial charge >= 0.3 is 12.1 Å². The van der Waals surface area contributed by atoms with E-state index < -0.39 is 17.7 Å². The minimum atomic E-state index is -0.601. The number of ether oxygens (including phenoxy) is 2. The number of nitrogens with one attached hydrogen (secondary N) is 1. The molecule has 0 aliphatic carbocycles. The highest BCUT2D eigenvalue weighted by atomic mass is 79.9. The third-order valence-electron chi connectivity index (χ3n) is 2.62. The molecule has 0 aromatic heterocycles. The second-order valence-electron chi connectivity index (χ2n) is 5.76. The Bertz CT molecular complexity index is 525. The van der Waals surface area contributed by atoms with Gasteiger partial charge in [0.1, 0.15) is 5.60 Å². The maximum Gasteiger partial charge on any atom is 0.408 e. The van der Waals surface area contributed by atoms with Gasteiger partial charge in [-0.15, -0.1) is 0 Å². The third-order valence-corrected chi connectivity index (χ3v) is 3.11. The van der Waals surface area contributed by atoms with Crippen LogP contribution in [-0.4, -0.2) is 24.3 Å². The molecule has 6 heteroatoms. The van der Waals surface area contributed by atoms with E-state index in [0.29, 0.717) is 6.61 Å². The normalized spacial score (nSPS) is 12.4. The van der Waals surface area contributed by atoms with Crippen LogP contribution in [0, 0.1) is 0 Å². The van der Waals surface area contributed by atoms with Crippen LogP contribution in [0.25, 0.3) is 0 Å². The molecule has 0 aliphatic heterocycles. The molecular formula is C16H22BrNO4. The summed E-state index contributed by atoms with van der Waals surface area (Å²) in [5, 5.41) is 2.72. The van der Waals surface area contributed by atoms with Crippen molar-refractivity contribution in [1.82, 2.24) is 5.32 Å². The number of halogens is 1. The zero-order valence-corrected chi connectivity index (χ0v) is 14.9. The predicted octanol–water partition coefficient (Wildman–Crippen LogP) is 3.97. The Kier molecular flexibility index (Phi) is 6.87. The Labute approximate surface area is 139 Å². The molecule has 0 aliphatic rings. The fourth-order valence-electron chi connectivity index (χ4n) is 1.81. The highest BCUT2D eigenvalue weighted by molar-refractivity contribution is 9.10. The van der Waals surface area contributed by atoms with E-state index in [-0.39, 0.29) is 12.4 Å². The second-order valence-corrected chi connectivity index (χ2v) is 6.68. The topological polar surface area (TPSA) is 64.6 Å². The minimum Gasteiger partial charge on any atom is -0.466 e. The number of esters is 1. The maximum atomic E-state index is 12.0. The summed E-state index contributed by atoms with van der Waals surface area (Å²) in [5.41, 5.74) is 0.198. The Morgan fingerprint density at radius 2 is 2.00 bits per heavy atom. The standard InChI is InChI=1S/C16H22BrNO4/c1-5-21-14(19)10-13(11-7-6-8-12(17)9-11)18-15(20)22-16(2,3)4/h6-9,13H,5,10H2,1-4H3,(H,18,20). The van der Waals surface area contributed by atoms with E-state index in [1.165, 1.54) is 0 Å². The average Bonchev–Trinajstić information content (AvgIpc) is 2.36. The van der Waals surface area contributed by atoms with Gasteiger partial charge < -0.3 is 14.8 Å². The van der Waals surface area contributed by atoms with Crippen molar-refractivity contribution in [3.05, 3.63) is 34.3 Å². The van der Waals surface area contributed by atoms with Crippen LogP contribution in [0.2, 0.25) is 0 Å². The molecule has 22 heavy (non-hydrogen) atoms. The Hall–Kier alpha value is -1.56. The van der Waals surface area contributed by atoms with Crippen molar-refractivity contribution in [1.29, 1.82) is 0 Å². The van der Waals surface area contributed by atoms with Gasteiger partial charge in [0, 0.05) is 4.47 Å². The molecule has 0 heterocycles. The van der Waals surface area contributed by atoms with Crippen LogP contribution < -0.4 is 5.32 Å². The quantitative estimate of drug-likeness (QED) is 0.795. The highest BCUT2D eigenvalue weighted by Crippen LogP contribution is 2.22. The summed E-state index contributed by atoms with van der Waals surface area (Å²) in [6, 6.07) is 6.89. The summed E-state index contributed by atoms with van der Waals surface area (Å²) in [5.74, 6) is -0.372. The molecule has 0 saturated carbocycles. The molecule has 1 aromatic carbocycles. The van der Waals surface area contributed by atoms with Crippen LogP contribution >= 0.6 is 15.9 Å². The van der Waals surface area contributed by atoms with Crippen LogP contribution in [0.5, 0.6) is 0 Å². The minimum absolute atomic E-state index is 0.0452. The van der Waals surface area contributed by atoms with E-state index in [9.17, 15) is 9.59 Å². The summed E-state index contributed by atoms with van der Waals surface area (Å²) in [6.07, 6.45) is -0.523. The van der Waals surface area contributed by atoms with E-state index in [1.54, 1.807) is 27.7 Å². The maximum absolute atomic E-state index is 12.0. The van der Waals surface area contributed by atoms with Gasteiger partial charge in [-0.1, -0.05) is 28.1 Å². The lowest BCUT2D eigenvalue weighted by molar-refractivity contribution is -0.143. The van der Waals surface area contributed by atoms with Crippen molar-refractivity contribution in [3.63, 3.8) is 0 Å². The molecule has 1 amide bonds. The van der Waals surface area contributed by atoms with Crippen molar-refractivity contribution < 1.29 is 19.1 Å². The van der Waals surface area contributed by atoms with Gasteiger partial charge in [0.25, 0.3) is 0 Å². The van der Waals surface area contributed by atoms with Crippen LogP contribution in [0.1, 0.15) is 45.7 Å². The van der Waals surface area contributed by atoms with Crippen molar-refractivity contribution in [2.75, 3.05) is 6.61 Å². The summed E-state index contributed by atoms with van der Waals surface area (Å²) in [7, 11) is 0. The van der Waals surface area contributed by atoms with E-state index in [1.807, 2.05) is 24.3 Å². The highest BCUT2D eigenvalue weighted by Gasteiger charge is 2.23. The Morgan fingerprint density at radius 3 is 2.55 bits per heavy atom. The van der Waals surface area contributed by atoms with Crippen molar-refractivity contribution in [2.24, 2.45) is 0 Å². The van der Waals surface area contributed by atoms with Gasteiger partial charge in [-0.3, -0.25) is 4.79 Å². The molecule has 1 N–H and O–H groups in total. The molecule has 0 saturated heterocycles.